The summed E-state index contributed by atoms with van der Waals surface area (Å²) in [5, 5.41) is 2.86. The fourth-order valence-corrected chi connectivity index (χ4v) is 1.60. The van der Waals surface area contributed by atoms with Gasteiger partial charge >= 0.3 is 0 Å². The molecule has 1 N–H and O–H groups in total. The Morgan fingerprint density at radius 2 is 2.40 bits per heavy atom. The standard InChI is InChI=1S/C8H15NO/c1-3-4-8(2)5-7(10)9-6-8/h3-6H2,1-2H3,(H,9,10)/t8-/m0/s1. The number of hydrogen-bond donors (Lipinski definition) is 1. The molecule has 0 aromatic carbocycles. The predicted molar refractivity (Wildman–Crippen MR) is 40.6 cm³/mol. The van der Waals surface area contributed by atoms with Gasteiger partial charge in [-0.1, -0.05) is 20.3 Å². The molecule has 2 nitrogen and oxygen atoms in total. The minimum Gasteiger partial charge on any atom is -0.356 e. The van der Waals surface area contributed by atoms with Gasteiger partial charge in [-0.25, -0.2) is 0 Å². The lowest BCUT2D eigenvalue weighted by Gasteiger charge is -2.19. The van der Waals surface area contributed by atoms with Gasteiger partial charge in [0.25, 0.3) is 0 Å². The van der Waals surface area contributed by atoms with Crippen LogP contribution in [0.2, 0.25) is 0 Å². The van der Waals surface area contributed by atoms with Gasteiger partial charge in [-0.15, -0.1) is 0 Å². The lowest BCUT2D eigenvalue weighted by molar-refractivity contribution is -0.119. The monoisotopic (exact) mass is 141 g/mol. The summed E-state index contributed by atoms with van der Waals surface area (Å²) in [5.74, 6) is 0.218. The molecule has 1 aliphatic rings. The van der Waals surface area contributed by atoms with E-state index in [-0.39, 0.29) is 11.3 Å². The number of amides is 1. The van der Waals surface area contributed by atoms with Crippen molar-refractivity contribution in [2.24, 2.45) is 5.41 Å². The Kier molecular flexibility index (Phi) is 1.97. The molecule has 2 heteroatoms. The van der Waals surface area contributed by atoms with E-state index in [9.17, 15) is 4.79 Å². The van der Waals surface area contributed by atoms with Gasteiger partial charge < -0.3 is 5.32 Å². The Morgan fingerprint density at radius 1 is 1.70 bits per heavy atom. The summed E-state index contributed by atoms with van der Waals surface area (Å²) in [4.78, 5) is 10.8. The smallest absolute Gasteiger partial charge is 0.220 e. The molecule has 0 radical (unpaired) electrons. The van der Waals surface area contributed by atoms with Crippen molar-refractivity contribution in [2.45, 2.75) is 33.1 Å². The van der Waals surface area contributed by atoms with E-state index in [1.807, 2.05) is 0 Å². The molecule has 1 rings (SSSR count). The fourth-order valence-electron chi connectivity index (χ4n) is 1.60. The molecule has 1 heterocycles. The molecular weight excluding hydrogens is 126 g/mol. The molecule has 1 fully saturated rings. The quantitative estimate of drug-likeness (QED) is 0.617. The van der Waals surface area contributed by atoms with Gasteiger partial charge in [0.2, 0.25) is 5.91 Å². The zero-order valence-electron chi connectivity index (χ0n) is 6.74. The van der Waals surface area contributed by atoms with E-state index in [0.717, 1.165) is 19.4 Å². The normalized spacial score (nSPS) is 32.4. The largest absolute Gasteiger partial charge is 0.356 e. The summed E-state index contributed by atoms with van der Waals surface area (Å²) in [6.45, 7) is 5.21. The lowest BCUT2D eigenvalue weighted by Crippen LogP contribution is -2.19. The predicted octanol–water partition coefficient (Wildman–Crippen LogP) is 1.31. The van der Waals surface area contributed by atoms with E-state index >= 15 is 0 Å². The van der Waals surface area contributed by atoms with Gasteiger partial charge in [-0.2, -0.15) is 0 Å². The Labute approximate surface area is 62.0 Å². The molecule has 0 spiro atoms. The van der Waals surface area contributed by atoms with Crippen LogP contribution in [0.15, 0.2) is 0 Å². The molecule has 1 amide bonds. The molecule has 10 heavy (non-hydrogen) atoms. The zero-order valence-corrected chi connectivity index (χ0v) is 6.74. The first-order valence-electron chi connectivity index (χ1n) is 3.93. The number of rotatable bonds is 2. The third-order valence-electron chi connectivity index (χ3n) is 2.15. The van der Waals surface area contributed by atoms with Crippen molar-refractivity contribution in [3.8, 4) is 0 Å². The van der Waals surface area contributed by atoms with E-state index in [1.165, 1.54) is 6.42 Å². The van der Waals surface area contributed by atoms with E-state index in [4.69, 9.17) is 0 Å². The van der Waals surface area contributed by atoms with Crippen molar-refractivity contribution in [1.29, 1.82) is 0 Å². The number of carbonyl (C=O) groups is 1. The topological polar surface area (TPSA) is 29.1 Å². The van der Waals surface area contributed by atoms with Crippen molar-refractivity contribution < 1.29 is 4.79 Å². The van der Waals surface area contributed by atoms with Crippen LogP contribution in [0, 0.1) is 5.41 Å². The highest BCUT2D eigenvalue weighted by Crippen LogP contribution is 2.30. The van der Waals surface area contributed by atoms with Crippen molar-refractivity contribution in [3.05, 3.63) is 0 Å². The molecular formula is C8H15NO. The van der Waals surface area contributed by atoms with Gasteiger partial charge in [-0.05, 0) is 11.8 Å². The van der Waals surface area contributed by atoms with Crippen LogP contribution < -0.4 is 5.32 Å². The van der Waals surface area contributed by atoms with Gasteiger partial charge in [0.05, 0.1) is 0 Å². The number of nitrogens with one attached hydrogen (secondary N) is 1. The first kappa shape index (κ1) is 7.58. The summed E-state index contributed by atoms with van der Waals surface area (Å²) in [6.07, 6.45) is 3.05. The zero-order chi connectivity index (χ0) is 7.61. The van der Waals surface area contributed by atoms with Crippen LogP contribution in [0.25, 0.3) is 0 Å². The van der Waals surface area contributed by atoms with E-state index < -0.39 is 0 Å². The van der Waals surface area contributed by atoms with Gasteiger partial charge in [0.1, 0.15) is 0 Å². The van der Waals surface area contributed by atoms with E-state index in [2.05, 4.69) is 19.2 Å². The maximum atomic E-state index is 10.8. The molecule has 1 atom stereocenters. The minimum atomic E-state index is 0.218. The fraction of sp³-hybridized carbons (Fsp3) is 0.875. The Morgan fingerprint density at radius 3 is 2.80 bits per heavy atom. The van der Waals surface area contributed by atoms with Crippen LogP contribution in [0.1, 0.15) is 33.1 Å². The molecule has 0 aromatic rings. The lowest BCUT2D eigenvalue weighted by atomic mass is 9.85. The number of carbonyl (C=O) groups excluding carboxylic acids is 1. The van der Waals surface area contributed by atoms with Crippen molar-refractivity contribution in [1.82, 2.24) is 5.32 Å². The first-order chi connectivity index (χ1) is 4.66. The molecule has 0 aliphatic carbocycles. The van der Waals surface area contributed by atoms with Crippen LogP contribution in [0.3, 0.4) is 0 Å². The van der Waals surface area contributed by atoms with Crippen LogP contribution in [0.4, 0.5) is 0 Å². The van der Waals surface area contributed by atoms with Crippen molar-refractivity contribution in [3.63, 3.8) is 0 Å². The summed E-state index contributed by atoms with van der Waals surface area (Å²) in [6, 6.07) is 0. The number of hydrogen-bond acceptors (Lipinski definition) is 1. The van der Waals surface area contributed by atoms with Gasteiger partial charge in [0, 0.05) is 13.0 Å². The maximum Gasteiger partial charge on any atom is 0.220 e. The highest BCUT2D eigenvalue weighted by atomic mass is 16.1. The van der Waals surface area contributed by atoms with Crippen LogP contribution in [0.5, 0.6) is 0 Å². The second-order valence-electron chi connectivity index (χ2n) is 3.51. The Hall–Kier alpha value is -0.530. The highest BCUT2D eigenvalue weighted by Gasteiger charge is 2.32. The molecule has 58 valence electrons. The second-order valence-corrected chi connectivity index (χ2v) is 3.51. The van der Waals surface area contributed by atoms with E-state index in [1.54, 1.807) is 0 Å². The van der Waals surface area contributed by atoms with Gasteiger partial charge in [0.15, 0.2) is 0 Å². The third-order valence-corrected chi connectivity index (χ3v) is 2.15. The Balaban J connectivity index is 2.46. The molecule has 1 saturated heterocycles. The molecule has 0 bridgehead atoms. The molecule has 0 unspecified atom stereocenters. The highest BCUT2D eigenvalue weighted by molar-refractivity contribution is 5.79. The third kappa shape index (κ3) is 1.49. The Bertz CT molecular complexity index is 144. The molecule has 1 aliphatic heterocycles. The van der Waals surface area contributed by atoms with Crippen LogP contribution in [-0.2, 0) is 4.79 Å². The summed E-state index contributed by atoms with van der Waals surface area (Å²) >= 11 is 0. The molecule has 0 saturated carbocycles. The van der Waals surface area contributed by atoms with Crippen LogP contribution in [-0.4, -0.2) is 12.5 Å². The van der Waals surface area contributed by atoms with Crippen molar-refractivity contribution >= 4 is 5.91 Å². The molecule has 0 aromatic heterocycles. The average molecular weight is 141 g/mol. The van der Waals surface area contributed by atoms with E-state index in [0.29, 0.717) is 0 Å². The minimum absolute atomic E-state index is 0.218. The summed E-state index contributed by atoms with van der Waals surface area (Å²) in [5.41, 5.74) is 0.256. The van der Waals surface area contributed by atoms with Crippen LogP contribution >= 0.6 is 0 Å². The van der Waals surface area contributed by atoms with Gasteiger partial charge in [-0.3, -0.25) is 4.79 Å². The second kappa shape index (κ2) is 2.60. The summed E-state index contributed by atoms with van der Waals surface area (Å²) in [7, 11) is 0. The first-order valence-corrected chi connectivity index (χ1v) is 3.93. The maximum absolute atomic E-state index is 10.8. The van der Waals surface area contributed by atoms with Crippen molar-refractivity contribution in [2.75, 3.05) is 6.54 Å². The SMILES string of the molecule is CCC[C@]1(C)CNC(=O)C1. The summed E-state index contributed by atoms with van der Waals surface area (Å²) < 4.78 is 0. The average Bonchev–Trinajstić information content (AvgIpc) is 2.12.